The third-order valence-corrected chi connectivity index (χ3v) is 4.29. The van der Waals surface area contributed by atoms with Crippen molar-refractivity contribution >= 4 is 16.0 Å². The summed E-state index contributed by atoms with van der Waals surface area (Å²) in [5.41, 5.74) is 0.644. The Hall–Kier alpha value is -1.48. The molecule has 8 heteroatoms. The minimum atomic E-state index is -3.50. The summed E-state index contributed by atoms with van der Waals surface area (Å²) in [4.78, 5) is 10.7. The van der Waals surface area contributed by atoms with E-state index in [1.807, 2.05) is 0 Å². The molecule has 116 valence electrons. The molecule has 1 aliphatic rings. The first-order valence-corrected chi connectivity index (χ1v) is 8.10. The van der Waals surface area contributed by atoms with Gasteiger partial charge in [-0.1, -0.05) is 12.1 Å². The van der Waals surface area contributed by atoms with Crippen LogP contribution in [-0.4, -0.2) is 52.0 Å². The Morgan fingerprint density at radius 2 is 2.00 bits per heavy atom. The van der Waals surface area contributed by atoms with Crippen LogP contribution in [-0.2, 0) is 25.2 Å². The van der Waals surface area contributed by atoms with E-state index in [1.165, 1.54) is 24.3 Å². The molecule has 7 nitrogen and oxygen atoms in total. The third kappa shape index (κ3) is 5.09. The van der Waals surface area contributed by atoms with E-state index in [4.69, 9.17) is 14.6 Å². The van der Waals surface area contributed by atoms with Crippen molar-refractivity contribution in [2.75, 3.05) is 26.4 Å². The number of nitrogens with one attached hydrogen (secondary N) is 1. The van der Waals surface area contributed by atoms with Gasteiger partial charge >= 0.3 is 5.97 Å². The van der Waals surface area contributed by atoms with Gasteiger partial charge in [0, 0.05) is 6.54 Å². The predicted molar refractivity (Wildman–Crippen MR) is 74.6 cm³/mol. The van der Waals surface area contributed by atoms with E-state index in [2.05, 4.69) is 4.72 Å². The van der Waals surface area contributed by atoms with Crippen molar-refractivity contribution in [2.24, 2.45) is 0 Å². The molecule has 1 aliphatic heterocycles. The summed E-state index contributed by atoms with van der Waals surface area (Å²) in [6, 6.07) is 5.74. The lowest BCUT2D eigenvalue weighted by atomic mass is 10.1. The number of hydrogen-bond acceptors (Lipinski definition) is 5. The molecule has 1 heterocycles. The highest BCUT2D eigenvalue weighted by Gasteiger charge is 2.18. The van der Waals surface area contributed by atoms with Crippen LogP contribution in [0.4, 0.5) is 0 Å². The minimum Gasteiger partial charge on any atom is -0.478 e. The Morgan fingerprint density at radius 1 is 1.29 bits per heavy atom. The van der Waals surface area contributed by atoms with Crippen molar-refractivity contribution in [3.63, 3.8) is 0 Å². The number of benzene rings is 1. The van der Waals surface area contributed by atoms with Gasteiger partial charge in [-0.05, 0) is 17.7 Å². The zero-order chi connectivity index (χ0) is 15.3. The van der Waals surface area contributed by atoms with Gasteiger partial charge in [-0.2, -0.15) is 0 Å². The number of carboxylic acids is 1. The predicted octanol–water partition coefficient (Wildman–Crippen LogP) is 0.220. The molecule has 0 aromatic heterocycles. The number of hydrogen-bond donors (Lipinski definition) is 2. The molecular weight excluding hydrogens is 298 g/mol. The number of sulfonamides is 1. The van der Waals surface area contributed by atoms with E-state index in [0.29, 0.717) is 25.4 Å². The fourth-order valence-electron chi connectivity index (χ4n) is 1.89. The summed E-state index contributed by atoms with van der Waals surface area (Å²) in [5, 5.41) is 8.78. The summed E-state index contributed by atoms with van der Waals surface area (Å²) in [6.45, 7) is 1.52. The van der Waals surface area contributed by atoms with Gasteiger partial charge < -0.3 is 14.6 Å². The van der Waals surface area contributed by atoms with Crippen LogP contribution < -0.4 is 4.72 Å². The minimum absolute atomic E-state index is 0.122. The first-order chi connectivity index (χ1) is 9.96. The third-order valence-electron chi connectivity index (χ3n) is 2.97. The van der Waals surface area contributed by atoms with Gasteiger partial charge in [0.1, 0.15) is 0 Å². The molecule has 0 bridgehead atoms. The maximum absolute atomic E-state index is 11.9. The first-order valence-electron chi connectivity index (χ1n) is 6.45. The van der Waals surface area contributed by atoms with Crippen LogP contribution in [0.15, 0.2) is 24.3 Å². The second-order valence-electron chi connectivity index (χ2n) is 4.68. The van der Waals surface area contributed by atoms with Crippen LogP contribution >= 0.6 is 0 Å². The van der Waals surface area contributed by atoms with Gasteiger partial charge in [-0.25, -0.2) is 17.9 Å². The molecule has 1 fully saturated rings. The van der Waals surface area contributed by atoms with Gasteiger partial charge in [-0.15, -0.1) is 0 Å². The van der Waals surface area contributed by atoms with Crippen LogP contribution in [0.5, 0.6) is 0 Å². The van der Waals surface area contributed by atoms with E-state index >= 15 is 0 Å². The number of carboxylic acid groups (broad SMARTS) is 1. The largest absolute Gasteiger partial charge is 0.478 e. The van der Waals surface area contributed by atoms with Crippen molar-refractivity contribution in [3.8, 4) is 0 Å². The molecule has 1 saturated heterocycles. The van der Waals surface area contributed by atoms with Gasteiger partial charge in [-0.3, -0.25) is 0 Å². The molecule has 0 aliphatic carbocycles. The zero-order valence-corrected chi connectivity index (χ0v) is 12.1. The SMILES string of the molecule is O=C(O)c1ccc(CS(=O)(=O)NCC2COCCO2)cc1. The number of carbonyl (C=O) groups is 1. The standard InChI is InChI=1S/C13H17NO6S/c15-13(16)11-3-1-10(2-4-11)9-21(17,18)14-7-12-8-19-5-6-20-12/h1-4,12,14H,5-9H2,(H,15,16). The van der Waals surface area contributed by atoms with Crippen LogP contribution in [0.3, 0.4) is 0 Å². The van der Waals surface area contributed by atoms with E-state index < -0.39 is 16.0 Å². The topological polar surface area (TPSA) is 102 Å². The molecule has 1 unspecified atom stereocenters. The fraction of sp³-hybridized carbons (Fsp3) is 0.462. The fourth-order valence-corrected chi connectivity index (χ4v) is 3.06. The van der Waals surface area contributed by atoms with E-state index in [-0.39, 0.29) is 24.0 Å². The second-order valence-corrected chi connectivity index (χ2v) is 6.48. The van der Waals surface area contributed by atoms with Crippen molar-refractivity contribution in [1.82, 2.24) is 4.72 Å². The van der Waals surface area contributed by atoms with E-state index in [1.54, 1.807) is 0 Å². The van der Waals surface area contributed by atoms with E-state index in [0.717, 1.165) is 0 Å². The van der Waals surface area contributed by atoms with Crippen molar-refractivity contribution in [2.45, 2.75) is 11.9 Å². The Balaban J connectivity index is 1.89. The quantitative estimate of drug-likeness (QED) is 0.778. The highest BCUT2D eigenvalue weighted by molar-refractivity contribution is 7.88. The van der Waals surface area contributed by atoms with Crippen LogP contribution in [0.2, 0.25) is 0 Å². The molecule has 1 aromatic carbocycles. The summed E-state index contributed by atoms with van der Waals surface area (Å²) >= 11 is 0. The molecule has 0 spiro atoms. The van der Waals surface area contributed by atoms with Gasteiger partial charge in [0.15, 0.2) is 0 Å². The highest BCUT2D eigenvalue weighted by Crippen LogP contribution is 2.08. The molecule has 0 radical (unpaired) electrons. The van der Waals surface area contributed by atoms with Crippen molar-refractivity contribution in [1.29, 1.82) is 0 Å². The monoisotopic (exact) mass is 315 g/mol. The summed E-state index contributed by atoms with van der Waals surface area (Å²) in [7, 11) is -3.50. The van der Waals surface area contributed by atoms with E-state index in [9.17, 15) is 13.2 Å². The molecule has 2 rings (SSSR count). The maximum Gasteiger partial charge on any atom is 0.335 e. The van der Waals surface area contributed by atoms with Gasteiger partial charge in [0.2, 0.25) is 10.0 Å². The lowest BCUT2D eigenvalue weighted by Gasteiger charge is -2.23. The molecule has 1 aromatic rings. The van der Waals surface area contributed by atoms with Crippen LogP contribution in [0, 0.1) is 0 Å². The summed E-state index contributed by atoms with van der Waals surface area (Å²) in [6.07, 6.45) is -0.275. The maximum atomic E-state index is 11.9. The zero-order valence-electron chi connectivity index (χ0n) is 11.3. The molecule has 1 atom stereocenters. The number of rotatable bonds is 6. The normalized spacial score (nSPS) is 19.3. The first kappa shape index (κ1) is 15.9. The van der Waals surface area contributed by atoms with Gasteiger partial charge in [0.25, 0.3) is 0 Å². The Bertz CT molecular complexity index is 577. The molecule has 0 amide bonds. The molecule has 2 N–H and O–H groups in total. The second kappa shape index (κ2) is 6.99. The van der Waals surface area contributed by atoms with Crippen molar-refractivity contribution < 1.29 is 27.8 Å². The average molecular weight is 315 g/mol. The van der Waals surface area contributed by atoms with Crippen LogP contribution in [0.1, 0.15) is 15.9 Å². The Morgan fingerprint density at radius 3 is 2.57 bits per heavy atom. The smallest absolute Gasteiger partial charge is 0.335 e. The summed E-state index contributed by atoms with van der Waals surface area (Å²) < 4.78 is 36.9. The highest BCUT2D eigenvalue weighted by atomic mass is 32.2. The van der Waals surface area contributed by atoms with Crippen molar-refractivity contribution in [3.05, 3.63) is 35.4 Å². The number of aromatic carboxylic acids is 1. The number of ether oxygens (including phenoxy) is 2. The summed E-state index contributed by atoms with van der Waals surface area (Å²) in [5.74, 6) is -1.25. The molecular formula is C13H17NO6S. The average Bonchev–Trinajstić information content (AvgIpc) is 2.46. The lowest BCUT2D eigenvalue weighted by Crippen LogP contribution is -2.40. The Kier molecular flexibility index (Phi) is 5.29. The van der Waals surface area contributed by atoms with Gasteiger partial charge in [0.05, 0.1) is 37.2 Å². The molecule has 21 heavy (non-hydrogen) atoms. The lowest BCUT2D eigenvalue weighted by molar-refractivity contribution is -0.0847. The Labute approximate surface area is 122 Å². The van der Waals surface area contributed by atoms with Crippen LogP contribution in [0.25, 0.3) is 0 Å². The molecule has 0 saturated carbocycles.